The second kappa shape index (κ2) is 8.49. The first-order valence-electron chi connectivity index (χ1n) is 9.30. The van der Waals surface area contributed by atoms with Gasteiger partial charge in [0.15, 0.2) is 11.8 Å². The number of hydrogen-bond acceptors (Lipinski definition) is 4. The summed E-state index contributed by atoms with van der Waals surface area (Å²) in [5, 5.41) is 10.9. The Balaban J connectivity index is 1.96. The molecule has 6 heteroatoms. The molecule has 0 bridgehead atoms. The van der Waals surface area contributed by atoms with E-state index in [9.17, 15) is 0 Å². The van der Waals surface area contributed by atoms with Crippen molar-refractivity contribution in [2.45, 2.75) is 84.7 Å². The Labute approximate surface area is 145 Å². The summed E-state index contributed by atoms with van der Waals surface area (Å²) in [7, 11) is 0. The van der Waals surface area contributed by atoms with Crippen molar-refractivity contribution < 1.29 is 4.52 Å². The summed E-state index contributed by atoms with van der Waals surface area (Å²) in [6.45, 7) is 11.8. The normalized spacial score (nSPS) is 22.5. The molecule has 1 aliphatic carbocycles. The van der Waals surface area contributed by atoms with Crippen molar-refractivity contribution in [3.63, 3.8) is 0 Å². The lowest BCUT2D eigenvalue weighted by Gasteiger charge is -2.30. The molecule has 1 aromatic heterocycles. The molecule has 0 saturated heterocycles. The van der Waals surface area contributed by atoms with E-state index in [-0.39, 0.29) is 5.41 Å². The summed E-state index contributed by atoms with van der Waals surface area (Å²) in [6, 6.07) is 0.511. The minimum Gasteiger partial charge on any atom is -0.357 e. The van der Waals surface area contributed by atoms with Crippen LogP contribution in [0.15, 0.2) is 9.52 Å². The first-order chi connectivity index (χ1) is 11.4. The monoisotopic (exact) mass is 335 g/mol. The fourth-order valence-corrected chi connectivity index (χ4v) is 3.08. The summed E-state index contributed by atoms with van der Waals surface area (Å²) in [5.41, 5.74) is -0.130. The average Bonchev–Trinajstić information content (AvgIpc) is 3.02. The molecule has 0 aromatic carbocycles. The maximum absolute atomic E-state index is 5.33. The number of aromatic nitrogens is 2. The van der Waals surface area contributed by atoms with Gasteiger partial charge < -0.3 is 15.2 Å². The summed E-state index contributed by atoms with van der Waals surface area (Å²) in [5.74, 6) is 2.97. The maximum Gasteiger partial charge on any atom is 0.232 e. The highest BCUT2D eigenvalue weighted by Crippen LogP contribution is 2.26. The van der Waals surface area contributed by atoms with E-state index in [0.29, 0.717) is 24.3 Å². The molecule has 1 aromatic rings. The number of rotatable bonds is 5. The molecular formula is C18H33N5O. The molecule has 2 rings (SSSR count). The highest BCUT2D eigenvalue weighted by molar-refractivity contribution is 5.80. The molecule has 1 fully saturated rings. The molecule has 2 atom stereocenters. The summed E-state index contributed by atoms with van der Waals surface area (Å²) < 4.78 is 5.33. The van der Waals surface area contributed by atoms with Crippen LogP contribution in [0.2, 0.25) is 0 Å². The quantitative estimate of drug-likeness (QED) is 0.637. The van der Waals surface area contributed by atoms with Crippen molar-refractivity contribution in [2.75, 3.05) is 6.54 Å². The zero-order chi connectivity index (χ0) is 17.6. The number of nitrogens with one attached hydrogen (secondary N) is 2. The molecule has 2 unspecified atom stereocenters. The van der Waals surface area contributed by atoms with Crippen LogP contribution in [0.5, 0.6) is 0 Å². The minimum absolute atomic E-state index is 0.130. The van der Waals surface area contributed by atoms with Crippen LogP contribution in [0.3, 0.4) is 0 Å². The van der Waals surface area contributed by atoms with Crippen LogP contribution in [0.25, 0.3) is 0 Å². The smallest absolute Gasteiger partial charge is 0.232 e. The van der Waals surface area contributed by atoms with Crippen LogP contribution in [-0.2, 0) is 12.0 Å². The third kappa shape index (κ3) is 5.49. The predicted octanol–water partition coefficient (Wildman–Crippen LogP) is 3.39. The highest BCUT2D eigenvalue weighted by Gasteiger charge is 2.23. The Kier molecular flexibility index (Phi) is 6.63. The van der Waals surface area contributed by atoms with E-state index >= 15 is 0 Å². The topological polar surface area (TPSA) is 75.3 Å². The number of aliphatic imine (C=N–C) groups is 1. The fraction of sp³-hybridized carbons (Fsp3) is 0.833. The van der Waals surface area contributed by atoms with Crippen LogP contribution < -0.4 is 10.6 Å². The van der Waals surface area contributed by atoms with Crippen LogP contribution in [0.4, 0.5) is 0 Å². The van der Waals surface area contributed by atoms with Gasteiger partial charge in [0.2, 0.25) is 5.89 Å². The maximum atomic E-state index is 5.33. The second-order valence-electron chi connectivity index (χ2n) is 7.74. The SMILES string of the molecule is CCNC(=NCc1noc(C(C)(C)C)n1)NC1CCCC(CC)C1. The summed E-state index contributed by atoms with van der Waals surface area (Å²) in [4.78, 5) is 9.08. The van der Waals surface area contributed by atoms with Crippen LogP contribution in [0, 0.1) is 5.92 Å². The lowest BCUT2D eigenvalue weighted by Crippen LogP contribution is -2.45. The Morgan fingerprint density at radius 2 is 2.08 bits per heavy atom. The zero-order valence-corrected chi connectivity index (χ0v) is 15.9. The summed E-state index contributed by atoms with van der Waals surface area (Å²) in [6.07, 6.45) is 6.38. The molecule has 0 amide bonds. The summed E-state index contributed by atoms with van der Waals surface area (Å²) >= 11 is 0. The van der Waals surface area contributed by atoms with Crippen molar-refractivity contribution >= 4 is 5.96 Å². The Bertz CT molecular complexity index is 532. The number of hydrogen-bond donors (Lipinski definition) is 2. The molecule has 1 saturated carbocycles. The van der Waals surface area contributed by atoms with Gasteiger partial charge in [-0.05, 0) is 25.7 Å². The fourth-order valence-electron chi connectivity index (χ4n) is 3.08. The van der Waals surface area contributed by atoms with Gasteiger partial charge in [0, 0.05) is 18.0 Å². The van der Waals surface area contributed by atoms with Gasteiger partial charge in [-0.25, -0.2) is 4.99 Å². The van der Waals surface area contributed by atoms with Gasteiger partial charge in [-0.2, -0.15) is 4.98 Å². The first-order valence-corrected chi connectivity index (χ1v) is 9.30. The molecule has 1 heterocycles. The van der Waals surface area contributed by atoms with E-state index in [1.54, 1.807) is 0 Å². The van der Waals surface area contributed by atoms with Crippen molar-refractivity contribution in [3.8, 4) is 0 Å². The van der Waals surface area contributed by atoms with Gasteiger partial charge in [-0.1, -0.05) is 52.1 Å². The molecule has 1 aliphatic rings. The van der Waals surface area contributed by atoms with E-state index < -0.39 is 0 Å². The molecule has 0 radical (unpaired) electrons. The van der Waals surface area contributed by atoms with Gasteiger partial charge in [-0.15, -0.1) is 0 Å². The minimum atomic E-state index is -0.130. The van der Waals surface area contributed by atoms with E-state index in [1.807, 2.05) is 0 Å². The van der Waals surface area contributed by atoms with Crippen molar-refractivity contribution in [2.24, 2.45) is 10.9 Å². The van der Waals surface area contributed by atoms with Crippen molar-refractivity contribution in [1.82, 2.24) is 20.8 Å². The molecule has 6 nitrogen and oxygen atoms in total. The largest absolute Gasteiger partial charge is 0.357 e. The third-order valence-electron chi connectivity index (χ3n) is 4.53. The number of nitrogens with zero attached hydrogens (tertiary/aromatic N) is 3. The lowest BCUT2D eigenvalue weighted by molar-refractivity contribution is 0.298. The number of guanidine groups is 1. The molecule has 0 aliphatic heterocycles. The first kappa shape index (κ1) is 18.7. The highest BCUT2D eigenvalue weighted by atomic mass is 16.5. The molecule has 136 valence electrons. The van der Waals surface area contributed by atoms with Gasteiger partial charge in [-0.3, -0.25) is 0 Å². The standard InChI is InChI=1S/C18H33N5O/c1-6-13-9-8-10-14(11-13)21-17(19-7-2)20-12-15-22-16(24-23-15)18(3,4)5/h13-14H,6-12H2,1-5H3,(H2,19,20,21). The molecular weight excluding hydrogens is 302 g/mol. The van der Waals surface area contributed by atoms with Crippen molar-refractivity contribution in [3.05, 3.63) is 11.7 Å². The van der Waals surface area contributed by atoms with Gasteiger partial charge in [0.05, 0.1) is 0 Å². The lowest BCUT2D eigenvalue weighted by atomic mass is 9.84. The zero-order valence-electron chi connectivity index (χ0n) is 15.9. The Morgan fingerprint density at radius 1 is 1.29 bits per heavy atom. The van der Waals surface area contributed by atoms with E-state index in [2.05, 4.69) is 60.4 Å². The van der Waals surface area contributed by atoms with E-state index in [0.717, 1.165) is 18.4 Å². The molecule has 0 spiro atoms. The molecule has 2 N–H and O–H groups in total. The second-order valence-corrected chi connectivity index (χ2v) is 7.74. The average molecular weight is 335 g/mol. The van der Waals surface area contributed by atoms with Gasteiger partial charge in [0.25, 0.3) is 0 Å². The Hall–Kier alpha value is -1.59. The molecule has 24 heavy (non-hydrogen) atoms. The van der Waals surface area contributed by atoms with E-state index in [4.69, 9.17) is 4.52 Å². The Morgan fingerprint density at radius 3 is 2.71 bits per heavy atom. The van der Waals surface area contributed by atoms with Crippen LogP contribution in [0.1, 0.15) is 78.4 Å². The third-order valence-corrected chi connectivity index (χ3v) is 4.53. The predicted molar refractivity (Wildman–Crippen MR) is 97.0 cm³/mol. The van der Waals surface area contributed by atoms with Crippen LogP contribution >= 0.6 is 0 Å². The van der Waals surface area contributed by atoms with Gasteiger partial charge >= 0.3 is 0 Å². The van der Waals surface area contributed by atoms with Gasteiger partial charge in [0.1, 0.15) is 6.54 Å². The van der Waals surface area contributed by atoms with Crippen molar-refractivity contribution in [1.29, 1.82) is 0 Å². The van der Waals surface area contributed by atoms with E-state index in [1.165, 1.54) is 32.1 Å². The van der Waals surface area contributed by atoms with Crippen LogP contribution in [-0.4, -0.2) is 28.7 Å².